The van der Waals surface area contributed by atoms with Gasteiger partial charge in [-0.2, -0.15) is 22.2 Å². The van der Waals surface area contributed by atoms with Crippen molar-refractivity contribution in [2.75, 3.05) is 0 Å². The number of halogens is 2. The van der Waals surface area contributed by atoms with Gasteiger partial charge in [0, 0.05) is 0 Å². The fourth-order valence-corrected chi connectivity index (χ4v) is 9.21. The van der Waals surface area contributed by atoms with Crippen molar-refractivity contribution in [2.24, 2.45) is 0 Å². The summed E-state index contributed by atoms with van der Waals surface area (Å²) in [6.45, 7) is 27.1. The molecule has 0 aromatic carbocycles. The van der Waals surface area contributed by atoms with E-state index >= 15 is 0 Å². The van der Waals surface area contributed by atoms with E-state index in [0.29, 0.717) is 0 Å². The second-order valence-electron chi connectivity index (χ2n) is 6.80. The molecule has 0 atom stereocenters. The maximum absolute atomic E-state index is 8.85. The summed E-state index contributed by atoms with van der Waals surface area (Å²) in [6, 6.07) is 0. The molecule has 0 fully saturated rings. The highest BCUT2D eigenvalue weighted by Gasteiger charge is 2.27. The first-order chi connectivity index (χ1) is 10.5. The van der Waals surface area contributed by atoms with Gasteiger partial charge in [-0.1, -0.05) is 17.1 Å². The Bertz CT molecular complexity index is 347. The predicted octanol–water partition coefficient (Wildman–Crippen LogP) is 4.95. The Morgan fingerprint density at radius 2 is 1.00 bits per heavy atom. The van der Waals surface area contributed by atoms with Crippen LogP contribution in [0.2, 0.25) is 52.4 Å². The summed E-state index contributed by atoms with van der Waals surface area (Å²) < 4.78 is 11.9. The van der Waals surface area contributed by atoms with Crippen molar-refractivity contribution in [3.05, 3.63) is 36.8 Å². The minimum Gasteiger partial charge on any atom is -0.435 e. The normalized spacial score (nSPS) is 11.9. The summed E-state index contributed by atoms with van der Waals surface area (Å²) in [5.74, 6) is 0. The summed E-state index contributed by atoms with van der Waals surface area (Å²) in [5, 5.41) is 0. The molecule has 0 aliphatic carbocycles. The Kier molecular flexibility index (Phi) is 17.1. The number of rotatable bonds is 7. The lowest BCUT2D eigenvalue weighted by Crippen LogP contribution is -2.42. The van der Waals surface area contributed by atoms with Crippen molar-refractivity contribution < 1.29 is 13.0 Å². The van der Waals surface area contributed by atoms with Crippen LogP contribution in [0.1, 0.15) is 0 Å². The molecule has 0 rings (SSSR count). The van der Waals surface area contributed by atoms with Gasteiger partial charge in [0.1, 0.15) is 0 Å². The monoisotopic (exact) mass is 462 g/mol. The van der Waals surface area contributed by atoms with E-state index in [1.165, 1.54) is 0 Å². The Morgan fingerprint density at radius 1 is 0.792 bits per heavy atom. The van der Waals surface area contributed by atoms with Gasteiger partial charge in [-0.3, -0.25) is 0 Å². The van der Waals surface area contributed by atoms with E-state index in [-0.39, 0.29) is 0 Å². The SMILES string of the molecule is C=C[Si](C)(C)O.C=C[Si](C)(C)O[SiH](C)O[Si](C)(C)C=C.C[SiH](Cl)Cl. The van der Waals surface area contributed by atoms with Crippen molar-refractivity contribution in [3.63, 3.8) is 0 Å². The van der Waals surface area contributed by atoms with Crippen molar-refractivity contribution in [1.82, 2.24) is 0 Å². The molecule has 0 aliphatic heterocycles. The van der Waals surface area contributed by atoms with E-state index in [1.807, 2.05) is 31.0 Å². The Labute approximate surface area is 165 Å². The van der Waals surface area contributed by atoms with Gasteiger partial charge in [-0.25, -0.2) is 0 Å². The molecule has 0 amide bonds. The molecule has 0 heterocycles. The fraction of sp³-hybridized carbons (Fsp3) is 0.571. The van der Waals surface area contributed by atoms with E-state index < -0.39 is 41.7 Å². The third-order valence-corrected chi connectivity index (χ3v) is 12.9. The van der Waals surface area contributed by atoms with Gasteiger partial charge in [0.2, 0.25) is 15.7 Å². The molecule has 0 radical (unpaired) electrons. The molecule has 24 heavy (non-hydrogen) atoms. The first-order valence-corrected chi connectivity index (χ1v) is 23.5. The van der Waals surface area contributed by atoms with E-state index in [1.54, 1.807) is 5.70 Å². The third kappa shape index (κ3) is 27.6. The predicted molar refractivity (Wildman–Crippen MR) is 125 cm³/mol. The molecule has 144 valence electrons. The summed E-state index contributed by atoms with van der Waals surface area (Å²) >= 11 is 10.4. The molecule has 0 saturated carbocycles. The molecule has 0 aromatic heterocycles. The summed E-state index contributed by atoms with van der Waals surface area (Å²) in [7, 11) is -7.90. The minimum absolute atomic E-state index is 1.19. The van der Waals surface area contributed by atoms with Gasteiger partial charge in [0.05, 0.1) is 0 Å². The van der Waals surface area contributed by atoms with Crippen LogP contribution in [-0.2, 0) is 8.23 Å². The van der Waals surface area contributed by atoms with E-state index in [9.17, 15) is 0 Å². The zero-order chi connectivity index (χ0) is 20.2. The van der Waals surface area contributed by atoms with Crippen LogP contribution < -0.4 is 0 Å². The zero-order valence-corrected chi connectivity index (χ0v) is 23.3. The summed E-state index contributed by atoms with van der Waals surface area (Å²) in [4.78, 5) is 8.85. The molecule has 0 spiro atoms. The first kappa shape index (κ1) is 29.5. The maximum atomic E-state index is 8.85. The molecule has 10 heteroatoms. The van der Waals surface area contributed by atoms with Gasteiger partial charge in [-0.15, -0.1) is 19.7 Å². The second kappa shape index (κ2) is 13.9. The van der Waals surface area contributed by atoms with Crippen LogP contribution in [0, 0.1) is 0 Å². The first-order valence-electron chi connectivity index (χ1n) is 7.79. The standard InChI is InChI=1S/C9H22O2Si3.C4H10OSi.CH4Cl2Si/c1-8-13(4,5)10-12(3)11-14(6,7)9-2;1-4-6(2,3)5;1-4(2)3/h8-9,12H,1-2H2,3-7H3;4-5H,1H2,2-3H3;4H,1H3. The largest absolute Gasteiger partial charge is 0.435 e. The van der Waals surface area contributed by atoms with Crippen LogP contribution in [0.3, 0.4) is 0 Å². The van der Waals surface area contributed by atoms with Crippen LogP contribution in [-0.4, -0.2) is 46.4 Å². The van der Waals surface area contributed by atoms with Crippen molar-refractivity contribution in [2.45, 2.75) is 52.4 Å². The van der Waals surface area contributed by atoms with Crippen LogP contribution >= 0.6 is 22.2 Å². The van der Waals surface area contributed by atoms with Crippen LogP contribution in [0.5, 0.6) is 0 Å². The minimum atomic E-state index is -1.87. The molecule has 0 unspecified atom stereocenters. The quantitative estimate of drug-likeness (QED) is 0.429. The molecule has 1 N–H and O–H groups in total. The highest BCUT2D eigenvalue weighted by atomic mass is 35.7. The Balaban J connectivity index is -0.000000363. The highest BCUT2D eigenvalue weighted by Crippen LogP contribution is 2.12. The van der Waals surface area contributed by atoms with Crippen LogP contribution in [0.15, 0.2) is 36.8 Å². The molecular weight excluding hydrogens is 427 g/mol. The van der Waals surface area contributed by atoms with Gasteiger partial charge in [-0.05, 0) is 52.4 Å². The van der Waals surface area contributed by atoms with Gasteiger partial charge in [0.25, 0.3) is 9.28 Å². The zero-order valence-electron chi connectivity index (χ0n) is 16.5. The number of hydrogen-bond acceptors (Lipinski definition) is 3. The lowest BCUT2D eigenvalue weighted by Gasteiger charge is -2.28. The average Bonchev–Trinajstić information content (AvgIpc) is 2.36. The fourth-order valence-electron chi connectivity index (χ4n) is 0.976. The molecule has 0 aliphatic rings. The maximum Gasteiger partial charge on any atom is 0.298 e. The Hall–Kier alpha value is 0.764. The van der Waals surface area contributed by atoms with Crippen LogP contribution in [0.25, 0.3) is 0 Å². The molecule has 0 aromatic rings. The van der Waals surface area contributed by atoms with Crippen LogP contribution in [0.4, 0.5) is 0 Å². The van der Waals surface area contributed by atoms with E-state index in [2.05, 4.69) is 52.5 Å². The van der Waals surface area contributed by atoms with Gasteiger partial charge >= 0.3 is 0 Å². The van der Waals surface area contributed by atoms with E-state index in [0.717, 1.165) is 0 Å². The molecular formula is C14H36Cl2O3Si5. The van der Waals surface area contributed by atoms with Crippen molar-refractivity contribution in [3.8, 4) is 0 Å². The third-order valence-electron chi connectivity index (χ3n) is 2.42. The second-order valence-corrected chi connectivity index (χ2v) is 26.4. The lowest BCUT2D eigenvalue weighted by molar-refractivity contribution is 0.433. The number of hydrogen-bond donors (Lipinski definition) is 1. The summed E-state index contributed by atoms with van der Waals surface area (Å²) in [5.41, 5.74) is 5.53. The smallest absolute Gasteiger partial charge is 0.298 e. The lowest BCUT2D eigenvalue weighted by atomic mass is 11.3. The Morgan fingerprint density at radius 3 is 1.12 bits per heavy atom. The van der Waals surface area contributed by atoms with Crippen molar-refractivity contribution in [1.29, 1.82) is 0 Å². The average molecular weight is 464 g/mol. The summed E-state index contributed by atoms with van der Waals surface area (Å²) in [6.07, 6.45) is 0. The molecule has 3 nitrogen and oxygen atoms in total. The van der Waals surface area contributed by atoms with Gasteiger partial charge < -0.3 is 13.0 Å². The topological polar surface area (TPSA) is 38.7 Å². The van der Waals surface area contributed by atoms with E-state index in [4.69, 9.17) is 35.2 Å². The molecule has 0 bridgehead atoms. The van der Waals surface area contributed by atoms with Crippen molar-refractivity contribution >= 4 is 63.8 Å². The van der Waals surface area contributed by atoms with Gasteiger partial charge in [0.15, 0.2) is 16.6 Å². The highest BCUT2D eigenvalue weighted by molar-refractivity contribution is 7.33. The molecule has 0 saturated heterocycles.